The van der Waals surface area contributed by atoms with Gasteiger partial charge in [0.2, 0.25) is 5.91 Å². The summed E-state index contributed by atoms with van der Waals surface area (Å²) < 4.78 is 56.0. The largest absolute Gasteiger partial charge is 0.493 e. The number of nitrogens with zero attached hydrogens (tertiary/aromatic N) is 1. The van der Waals surface area contributed by atoms with Gasteiger partial charge < -0.3 is 24.6 Å². The highest BCUT2D eigenvalue weighted by molar-refractivity contribution is 5.99. The first-order chi connectivity index (χ1) is 15.7. The van der Waals surface area contributed by atoms with Crippen molar-refractivity contribution in [2.75, 3.05) is 19.0 Å². The number of amides is 2. The Morgan fingerprint density at radius 1 is 1.06 bits per heavy atom. The molecule has 1 aromatic heterocycles. The molecule has 174 valence electrons. The smallest absolute Gasteiger partial charge is 0.251 e. The van der Waals surface area contributed by atoms with Gasteiger partial charge in [0.15, 0.2) is 29.0 Å². The van der Waals surface area contributed by atoms with E-state index in [9.17, 15) is 22.8 Å². The van der Waals surface area contributed by atoms with Gasteiger partial charge in [0.05, 0.1) is 30.6 Å². The van der Waals surface area contributed by atoms with Crippen LogP contribution in [0.5, 0.6) is 11.5 Å². The summed E-state index contributed by atoms with van der Waals surface area (Å²) in [6.07, 6.45) is 0. The SMILES string of the molecule is COc1cc(C(=O)NCC(=O)Nc2ccc(F)c(F)c2F)ccc1OCc1c(C)noc1C. The Hall–Kier alpha value is -4.02. The van der Waals surface area contributed by atoms with Crippen LogP contribution in [0.1, 0.15) is 27.4 Å². The third-order valence-electron chi connectivity index (χ3n) is 4.70. The molecule has 0 saturated heterocycles. The molecule has 0 unspecified atom stereocenters. The maximum atomic E-state index is 13.7. The number of aryl methyl sites for hydroxylation is 2. The van der Waals surface area contributed by atoms with Crippen molar-refractivity contribution in [3.63, 3.8) is 0 Å². The molecule has 1 heterocycles. The van der Waals surface area contributed by atoms with Gasteiger partial charge in [0, 0.05) is 5.56 Å². The van der Waals surface area contributed by atoms with Gasteiger partial charge in [0.1, 0.15) is 12.4 Å². The summed E-state index contributed by atoms with van der Waals surface area (Å²) in [6, 6.07) is 5.97. The number of halogens is 3. The van der Waals surface area contributed by atoms with Crippen molar-refractivity contribution < 1.29 is 36.8 Å². The van der Waals surface area contributed by atoms with Crippen molar-refractivity contribution in [2.24, 2.45) is 0 Å². The molecule has 2 aromatic carbocycles. The average molecular weight is 463 g/mol. The van der Waals surface area contributed by atoms with Crippen LogP contribution in [0.15, 0.2) is 34.9 Å². The number of nitrogens with one attached hydrogen (secondary N) is 2. The van der Waals surface area contributed by atoms with E-state index in [1.807, 2.05) is 0 Å². The quantitative estimate of drug-likeness (QED) is 0.495. The molecule has 3 rings (SSSR count). The molecule has 0 saturated carbocycles. The minimum Gasteiger partial charge on any atom is -0.493 e. The van der Waals surface area contributed by atoms with Gasteiger partial charge >= 0.3 is 0 Å². The summed E-state index contributed by atoms with van der Waals surface area (Å²) in [7, 11) is 1.41. The van der Waals surface area contributed by atoms with E-state index in [2.05, 4.69) is 15.8 Å². The molecule has 3 aromatic rings. The van der Waals surface area contributed by atoms with Crippen LogP contribution in [0.2, 0.25) is 0 Å². The molecule has 33 heavy (non-hydrogen) atoms. The molecular weight excluding hydrogens is 443 g/mol. The van der Waals surface area contributed by atoms with Gasteiger partial charge in [-0.1, -0.05) is 5.16 Å². The van der Waals surface area contributed by atoms with E-state index in [-0.39, 0.29) is 17.9 Å². The van der Waals surface area contributed by atoms with Crippen LogP contribution in [-0.4, -0.2) is 30.6 Å². The standard InChI is InChI=1S/C22H20F3N3O5/c1-11-14(12(2)33-28-11)10-32-17-7-4-13(8-18(17)31-3)22(30)26-9-19(29)27-16-6-5-15(23)20(24)21(16)25/h4-8H,9-10H2,1-3H3,(H,26,30)(H,27,29). The van der Waals surface area contributed by atoms with Crippen LogP contribution < -0.4 is 20.1 Å². The van der Waals surface area contributed by atoms with Gasteiger partial charge in [-0.3, -0.25) is 9.59 Å². The predicted molar refractivity (Wildman–Crippen MR) is 111 cm³/mol. The van der Waals surface area contributed by atoms with E-state index in [0.717, 1.165) is 11.6 Å². The lowest BCUT2D eigenvalue weighted by atomic mass is 10.2. The molecule has 0 atom stereocenters. The topological polar surface area (TPSA) is 103 Å². The second kappa shape index (κ2) is 10.1. The van der Waals surface area contributed by atoms with Gasteiger partial charge in [0.25, 0.3) is 5.91 Å². The number of carbonyl (C=O) groups excluding carboxylic acids is 2. The van der Waals surface area contributed by atoms with E-state index in [1.165, 1.54) is 25.3 Å². The Bertz CT molecular complexity index is 1180. The summed E-state index contributed by atoms with van der Waals surface area (Å²) in [5.41, 5.74) is 1.12. The highest BCUT2D eigenvalue weighted by Gasteiger charge is 2.17. The van der Waals surface area contributed by atoms with Gasteiger partial charge in [-0.2, -0.15) is 0 Å². The van der Waals surface area contributed by atoms with Crippen LogP contribution in [0.4, 0.5) is 18.9 Å². The lowest BCUT2D eigenvalue weighted by Crippen LogP contribution is -2.33. The molecule has 0 aliphatic heterocycles. The second-order valence-corrected chi connectivity index (χ2v) is 6.91. The van der Waals surface area contributed by atoms with Crippen LogP contribution in [-0.2, 0) is 11.4 Å². The van der Waals surface area contributed by atoms with Crippen molar-refractivity contribution in [3.05, 3.63) is 70.4 Å². The van der Waals surface area contributed by atoms with E-state index in [1.54, 1.807) is 13.8 Å². The van der Waals surface area contributed by atoms with Crippen LogP contribution >= 0.6 is 0 Å². The monoisotopic (exact) mass is 463 g/mol. The number of hydrogen-bond donors (Lipinski definition) is 2. The fourth-order valence-corrected chi connectivity index (χ4v) is 2.87. The number of anilines is 1. The van der Waals surface area contributed by atoms with Crippen molar-refractivity contribution >= 4 is 17.5 Å². The van der Waals surface area contributed by atoms with Gasteiger partial charge in [-0.25, -0.2) is 13.2 Å². The first-order valence-electron chi connectivity index (χ1n) is 9.65. The molecule has 0 bridgehead atoms. The third kappa shape index (κ3) is 5.43. The van der Waals surface area contributed by atoms with Crippen molar-refractivity contribution in [1.82, 2.24) is 10.5 Å². The summed E-state index contributed by atoms with van der Waals surface area (Å²) in [5.74, 6) is -4.79. The predicted octanol–water partition coefficient (Wildman–Crippen LogP) is 3.66. The Labute approximate surface area is 186 Å². The Morgan fingerprint density at radius 2 is 1.82 bits per heavy atom. The lowest BCUT2D eigenvalue weighted by molar-refractivity contribution is -0.115. The number of methoxy groups -OCH3 is 1. The van der Waals surface area contributed by atoms with Crippen molar-refractivity contribution in [2.45, 2.75) is 20.5 Å². The number of hydrogen-bond acceptors (Lipinski definition) is 6. The zero-order valence-corrected chi connectivity index (χ0v) is 17.9. The molecule has 2 amide bonds. The molecule has 0 fully saturated rings. The maximum absolute atomic E-state index is 13.7. The summed E-state index contributed by atoms with van der Waals surface area (Å²) in [5, 5.41) is 8.26. The third-order valence-corrected chi connectivity index (χ3v) is 4.70. The normalized spacial score (nSPS) is 10.6. The highest BCUT2D eigenvalue weighted by Crippen LogP contribution is 2.29. The Kier molecular flexibility index (Phi) is 7.21. The molecule has 2 N–H and O–H groups in total. The van der Waals surface area contributed by atoms with Gasteiger partial charge in [-0.15, -0.1) is 0 Å². The molecular formula is C22H20F3N3O5. The maximum Gasteiger partial charge on any atom is 0.251 e. The number of benzene rings is 2. The molecule has 8 nitrogen and oxygen atoms in total. The second-order valence-electron chi connectivity index (χ2n) is 6.91. The van der Waals surface area contributed by atoms with Crippen LogP contribution in [0.25, 0.3) is 0 Å². The van der Waals surface area contributed by atoms with Crippen LogP contribution in [0, 0.1) is 31.3 Å². The zero-order chi connectivity index (χ0) is 24.1. The van der Waals surface area contributed by atoms with E-state index in [4.69, 9.17) is 14.0 Å². The Morgan fingerprint density at radius 3 is 2.48 bits per heavy atom. The molecule has 11 heteroatoms. The fourth-order valence-electron chi connectivity index (χ4n) is 2.87. The molecule has 0 aliphatic rings. The van der Waals surface area contributed by atoms with Crippen molar-refractivity contribution in [1.29, 1.82) is 0 Å². The number of rotatable bonds is 8. The number of carbonyl (C=O) groups is 2. The van der Waals surface area contributed by atoms with Crippen molar-refractivity contribution in [3.8, 4) is 11.5 Å². The lowest BCUT2D eigenvalue weighted by Gasteiger charge is -2.12. The summed E-state index contributed by atoms with van der Waals surface area (Å²) in [4.78, 5) is 24.3. The first kappa shape index (κ1) is 23.6. The van der Waals surface area contributed by atoms with E-state index >= 15 is 0 Å². The summed E-state index contributed by atoms with van der Waals surface area (Å²) in [6.45, 7) is 3.20. The van der Waals surface area contributed by atoms with E-state index < -0.39 is 41.5 Å². The first-order valence-corrected chi connectivity index (χ1v) is 9.65. The van der Waals surface area contributed by atoms with Crippen LogP contribution in [0.3, 0.4) is 0 Å². The van der Waals surface area contributed by atoms with E-state index in [0.29, 0.717) is 23.3 Å². The number of aromatic nitrogens is 1. The molecule has 0 spiro atoms. The fraction of sp³-hybridized carbons (Fsp3) is 0.227. The Balaban J connectivity index is 1.60. The molecule has 0 radical (unpaired) electrons. The summed E-state index contributed by atoms with van der Waals surface area (Å²) >= 11 is 0. The highest BCUT2D eigenvalue weighted by atomic mass is 19.2. The van der Waals surface area contributed by atoms with Gasteiger partial charge in [-0.05, 0) is 44.2 Å². The average Bonchev–Trinajstić information content (AvgIpc) is 3.13. The zero-order valence-electron chi connectivity index (χ0n) is 17.9. The number of ether oxygens (including phenoxy) is 2. The molecule has 0 aliphatic carbocycles. The minimum absolute atomic E-state index is 0.170. The minimum atomic E-state index is -1.71.